The van der Waals surface area contributed by atoms with Gasteiger partial charge in [-0.05, 0) is 25.3 Å². The first kappa shape index (κ1) is 20.3. The molecule has 0 aliphatic carbocycles. The van der Waals surface area contributed by atoms with Crippen molar-refractivity contribution < 1.29 is 4.79 Å². The van der Waals surface area contributed by atoms with E-state index in [0.717, 1.165) is 41.9 Å². The average Bonchev–Trinajstić information content (AvgIpc) is 3.12. The zero-order valence-electron chi connectivity index (χ0n) is 16.8. The molecule has 6 heteroatoms. The van der Waals surface area contributed by atoms with Crippen molar-refractivity contribution in [3.8, 4) is 11.1 Å². The molecule has 2 heterocycles. The summed E-state index contributed by atoms with van der Waals surface area (Å²) in [7, 11) is 0. The summed E-state index contributed by atoms with van der Waals surface area (Å²) in [5.74, 6) is 0.0970. The van der Waals surface area contributed by atoms with Gasteiger partial charge < -0.3 is 4.90 Å². The van der Waals surface area contributed by atoms with Gasteiger partial charge in [0, 0.05) is 37.0 Å². The molecule has 3 aromatic rings. The van der Waals surface area contributed by atoms with Gasteiger partial charge in [0.25, 0.3) is 5.56 Å². The van der Waals surface area contributed by atoms with Gasteiger partial charge in [-0.1, -0.05) is 43.7 Å². The quantitative estimate of drug-likeness (QED) is 0.563. The van der Waals surface area contributed by atoms with Gasteiger partial charge in [-0.2, -0.15) is 0 Å². The number of benzene rings is 1. The van der Waals surface area contributed by atoms with E-state index in [1.54, 1.807) is 10.9 Å². The van der Waals surface area contributed by atoms with Gasteiger partial charge in [0.15, 0.2) is 0 Å². The van der Waals surface area contributed by atoms with E-state index in [4.69, 9.17) is 0 Å². The Bertz CT molecular complexity index is 999. The van der Waals surface area contributed by atoms with E-state index >= 15 is 0 Å². The van der Waals surface area contributed by atoms with E-state index < -0.39 is 0 Å². The molecule has 5 nitrogen and oxygen atoms in total. The van der Waals surface area contributed by atoms with Crippen molar-refractivity contribution in [2.24, 2.45) is 0 Å². The van der Waals surface area contributed by atoms with Crippen molar-refractivity contribution in [3.05, 3.63) is 51.9 Å². The molecule has 0 aliphatic rings. The molecule has 0 spiro atoms. The molecule has 3 rings (SSSR count). The highest BCUT2D eigenvalue weighted by molar-refractivity contribution is 7.17. The standard InChI is InChI=1S/C22H27N3O2S/c1-4-11-24(12-5-2)19(26)10-13-25-15-23-21-20(22(25)27)18(14-28-21)17-8-6-16(3)7-9-17/h6-9,14-15H,4-5,10-13H2,1-3H3. The molecule has 2 aromatic heterocycles. The highest BCUT2D eigenvalue weighted by Gasteiger charge is 2.15. The number of hydrogen-bond donors (Lipinski definition) is 0. The molecule has 0 saturated carbocycles. The molecule has 0 N–H and O–H groups in total. The van der Waals surface area contributed by atoms with E-state index in [0.29, 0.717) is 18.4 Å². The predicted molar refractivity (Wildman–Crippen MR) is 116 cm³/mol. The van der Waals surface area contributed by atoms with Crippen LogP contribution in [0.4, 0.5) is 0 Å². The maximum absolute atomic E-state index is 13.1. The van der Waals surface area contributed by atoms with Crippen LogP contribution in [0.1, 0.15) is 38.7 Å². The average molecular weight is 398 g/mol. The number of amides is 1. The molecular formula is C22H27N3O2S. The van der Waals surface area contributed by atoms with E-state index in [1.807, 2.05) is 41.5 Å². The number of fused-ring (bicyclic) bond motifs is 1. The van der Waals surface area contributed by atoms with Crippen LogP contribution in [0, 0.1) is 6.92 Å². The van der Waals surface area contributed by atoms with Crippen molar-refractivity contribution in [2.75, 3.05) is 13.1 Å². The van der Waals surface area contributed by atoms with E-state index in [-0.39, 0.29) is 11.5 Å². The summed E-state index contributed by atoms with van der Waals surface area (Å²) >= 11 is 1.48. The third-order valence-electron chi connectivity index (χ3n) is 4.83. The lowest BCUT2D eigenvalue weighted by atomic mass is 10.1. The highest BCUT2D eigenvalue weighted by atomic mass is 32.1. The molecule has 148 valence electrons. The number of hydrogen-bond acceptors (Lipinski definition) is 4. The smallest absolute Gasteiger partial charge is 0.262 e. The Kier molecular flexibility index (Phi) is 6.62. The third kappa shape index (κ3) is 4.33. The second-order valence-corrected chi connectivity index (χ2v) is 7.93. The molecule has 0 bridgehead atoms. The normalized spacial score (nSPS) is 11.1. The Hall–Kier alpha value is -2.47. The third-order valence-corrected chi connectivity index (χ3v) is 5.72. The zero-order chi connectivity index (χ0) is 20.1. The minimum absolute atomic E-state index is 0.0767. The van der Waals surface area contributed by atoms with Crippen LogP contribution in [0.25, 0.3) is 21.3 Å². The SMILES string of the molecule is CCCN(CCC)C(=O)CCn1cnc2scc(-c3ccc(C)cc3)c2c1=O. The monoisotopic (exact) mass is 397 g/mol. The van der Waals surface area contributed by atoms with Gasteiger partial charge >= 0.3 is 0 Å². The van der Waals surface area contributed by atoms with Crippen LogP contribution >= 0.6 is 11.3 Å². The number of rotatable bonds is 8. The summed E-state index contributed by atoms with van der Waals surface area (Å²) in [6.07, 6.45) is 3.76. The van der Waals surface area contributed by atoms with E-state index in [1.165, 1.54) is 16.9 Å². The Morgan fingerprint density at radius 3 is 2.46 bits per heavy atom. The summed E-state index contributed by atoms with van der Waals surface area (Å²) in [5.41, 5.74) is 3.03. The number of aryl methyl sites for hydroxylation is 2. The number of carbonyl (C=O) groups is 1. The molecule has 1 amide bonds. The Morgan fingerprint density at radius 1 is 1.14 bits per heavy atom. The first-order chi connectivity index (χ1) is 13.5. The summed E-state index contributed by atoms with van der Waals surface area (Å²) in [6.45, 7) is 8.07. The number of thiophene rings is 1. The minimum atomic E-state index is -0.0767. The van der Waals surface area contributed by atoms with Crippen molar-refractivity contribution in [3.63, 3.8) is 0 Å². The van der Waals surface area contributed by atoms with Crippen molar-refractivity contribution in [1.82, 2.24) is 14.5 Å². The Morgan fingerprint density at radius 2 is 1.82 bits per heavy atom. The van der Waals surface area contributed by atoms with Gasteiger partial charge in [0.05, 0.1) is 11.7 Å². The van der Waals surface area contributed by atoms with Crippen molar-refractivity contribution >= 4 is 27.5 Å². The van der Waals surface area contributed by atoms with Crippen LogP contribution in [0.15, 0.2) is 40.8 Å². The van der Waals surface area contributed by atoms with Crippen LogP contribution in [0.3, 0.4) is 0 Å². The fourth-order valence-electron chi connectivity index (χ4n) is 3.35. The lowest BCUT2D eigenvalue weighted by Gasteiger charge is -2.21. The number of nitrogens with zero attached hydrogens (tertiary/aromatic N) is 3. The second kappa shape index (κ2) is 9.15. The maximum Gasteiger partial charge on any atom is 0.262 e. The van der Waals surface area contributed by atoms with Gasteiger partial charge in [0.1, 0.15) is 4.83 Å². The Balaban J connectivity index is 1.86. The highest BCUT2D eigenvalue weighted by Crippen LogP contribution is 2.30. The maximum atomic E-state index is 13.1. The zero-order valence-corrected chi connectivity index (χ0v) is 17.6. The van der Waals surface area contributed by atoms with Gasteiger partial charge in [-0.15, -0.1) is 11.3 Å². The van der Waals surface area contributed by atoms with Crippen LogP contribution in [0.2, 0.25) is 0 Å². The first-order valence-electron chi connectivity index (χ1n) is 9.86. The van der Waals surface area contributed by atoms with Gasteiger partial charge in [-0.3, -0.25) is 14.2 Å². The summed E-state index contributed by atoms with van der Waals surface area (Å²) in [4.78, 5) is 32.7. The molecule has 0 fully saturated rings. The summed E-state index contributed by atoms with van der Waals surface area (Å²) < 4.78 is 1.57. The minimum Gasteiger partial charge on any atom is -0.343 e. The Labute approximate surface area is 169 Å². The van der Waals surface area contributed by atoms with Gasteiger partial charge in [-0.25, -0.2) is 4.98 Å². The fraction of sp³-hybridized carbons (Fsp3) is 0.409. The van der Waals surface area contributed by atoms with Crippen LogP contribution in [-0.4, -0.2) is 33.4 Å². The van der Waals surface area contributed by atoms with Crippen LogP contribution in [-0.2, 0) is 11.3 Å². The first-order valence-corrected chi connectivity index (χ1v) is 10.7. The topological polar surface area (TPSA) is 55.2 Å². The molecule has 0 atom stereocenters. The predicted octanol–water partition coefficient (Wildman–Crippen LogP) is 4.47. The largest absolute Gasteiger partial charge is 0.343 e. The van der Waals surface area contributed by atoms with Crippen LogP contribution < -0.4 is 5.56 Å². The molecular weight excluding hydrogens is 370 g/mol. The lowest BCUT2D eigenvalue weighted by molar-refractivity contribution is -0.131. The van der Waals surface area contributed by atoms with E-state index in [9.17, 15) is 9.59 Å². The molecule has 0 radical (unpaired) electrons. The fourth-order valence-corrected chi connectivity index (χ4v) is 4.25. The molecule has 1 aromatic carbocycles. The molecule has 28 heavy (non-hydrogen) atoms. The number of aromatic nitrogens is 2. The number of carbonyl (C=O) groups excluding carboxylic acids is 1. The lowest BCUT2D eigenvalue weighted by Crippen LogP contribution is -2.34. The van der Waals surface area contributed by atoms with E-state index in [2.05, 4.69) is 18.8 Å². The molecule has 0 saturated heterocycles. The second-order valence-electron chi connectivity index (χ2n) is 7.07. The summed E-state index contributed by atoms with van der Waals surface area (Å²) in [6, 6.07) is 8.15. The molecule has 0 unspecified atom stereocenters. The van der Waals surface area contributed by atoms with Crippen LogP contribution in [0.5, 0.6) is 0 Å². The van der Waals surface area contributed by atoms with Crippen molar-refractivity contribution in [2.45, 2.75) is 46.6 Å². The van der Waals surface area contributed by atoms with Gasteiger partial charge in [0.2, 0.25) is 5.91 Å². The molecule has 0 aliphatic heterocycles. The summed E-state index contributed by atoms with van der Waals surface area (Å²) in [5, 5.41) is 2.63. The van der Waals surface area contributed by atoms with Crippen molar-refractivity contribution in [1.29, 1.82) is 0 Å².